The van der Waals surface area contributed by atoms with E-state index in [-0.39, 0.29) is 5.56 Å². The Bertz CT molecular complexity index is 674. The largest absolute Gasteiger partial charge is 0.478 e. The van der Waals surface area contributed by atoms with Crippen molar-refractivity contribution in [2.24, 2.45) is 0 Å². The van der Waals surface area contributed by atoms with Gasteiger partial charge in [-0.1, -0.05) is 17.7 Å². The van der Waals surface area contributed by atoms with E-state index in [1.165, 1.54) is 17.5 Å². The number of benzene rings is 2. The van der Waals surface area contributed by atoms with Crippen LogP contribution in [0, 0.1) is 6.92 Å². The molecule has 0 radical (unpaired) electrons. The molecule has 1 aliphatic carbocycles. The van der Waals surface area contributed by atoms with Gasteiger partial charge >= 0.3 is 5.97 Å². The topological polar surface area (TPSA) is 46.5 Å². The van der Waals surface area contributed by atoms with E-state index < -0.39 is 5.97 Å². The minimum Gasteiger partial charge on any atom is -0.478 e. The van der Waals surface area contributed by atoms with Gasteiger partial charge in [-0.15, -0.1) is 0 Å². The Labute approximate surface area is 117 Å². The number of carboxylic acids is 1. The first kappa shape index (κ1) is 12.7. The maximum absolute atomic E-state index is 11.3. The van der Waals surface area contributed by atoms with Crippen LogP contribution in [-0.2, 0) is 12.8 Å². The van der Waals surface area contributed by atoms with Crippen molar-refractivity contribution in [1.82, 2.24) is 0 Å². The molecular formula is C17H16O3. The normalized spacial score (nSPS) is 13.1. The monoisotopic (exact) mass is 268 g/mol. The standard InChI is InChI=1S/C17H16O3/c1-11-5-8-16(15(9-11)17(18)19)20-14-7-6-12-3-2-4-13(12)10-14/h5-10H,2-4H2,1H3,(H,18,19). The fourth-order valence-electron chi connectivity index (χ4n) is 2.64. The van der Waals surface area contributed by atoms with Gasteiger partial charge in [-0.2, -0.15) is 0 Å². The highest BCUT2D eigenvalue weighted by molar-refractivity contribution is 5.91. The van der Waals surface area contributed by atoms with E-state index in [4.69, 9.17) is 4.74 Å². The van der Waals surface area contributed by atoms with Crippen LogP contribution in [0.25, 0.3) is 0 Å². The zero-order chi connectivity index (χ0) is 14.1. The first-order chi connectivity index (χ1) is 9.63. The second-order valence-electron chi connectivity index (χ2n) is 5.19. The van der Waals surface area contributed by atoms with Crippen LogP contribution in [0.15, 0.2) is 36.4 Å². The molecule has 0 aromatic heterocycles. The van der Waals surface area contributed by atoms with Crippen LogP contribution in [0.5, 0.6) is 11.5 Å². The summed E-state index contributed by atoms with van der Waals surface area (Å²) < 4.78 is 5.77. The molecule has 2 aromatic rings. The Kier molecular flexibility index (Phi) is 3.18. The lowest BCUT2D eigenvalue weighted by atomic mass is 10.1. The summed E-state index contributed by atoms with van der Waals surface area (Å²) in [5, 5.41) is 9.24. The van der Waals surface area contributed by atoms with E-state index in [2.05, 4.69) is 6.07 Å². The van der Waals surface area contributed by atoms with Crippen molar-refractivity contribution in [1.29, 1.82) is 0 Å². The van der Waals surface area contributed by atoms with Crippen molar-refractivity contribution >= 4 is 5.97 Å². The maximum Gasteiger partial charge on any atom is 0.339 e. The highest BCUT2D eigenvalue weighted by atomic mass is 16.5. The van der Waals surface area contributed by atoms with Crippen LogP contribution in [0.2, 0.25) is 0 Å². The molecule has 1 aliphatic rings. The summed E-state index contributed by atoms with van der Waals surface area (Å²) in [6.07, 6.45) is 3.39. The van der Waals surface area contributed by atoms with Gasteiger partial charge in [0.25, 0.3) is 0 Å². The maximum atomic E-state index is 11.3. The molecule has 0 bridgehead atoms. The Morgan fingerprint density at radius 2 is 1.90 bits per heavy atom. The highest BCUT2D eigenvalue weighted by Crippen LogP contribution is 2.30. The predicted octanol–water partition coefficient (Wildman–Crippen LogP) is 3.97. The van der Waals surface area contributed by atoms with Crippen molar-refractivity contribution < 1.29 is 14.6 Å². The molecule has 3 nitrogen and oxygen atoms in total. The second kappa shape index (κ2) is 5.00. The van der Waals surface area contributed by atoms with Crippen molar-refractivity contribution in [3.8, 4) is 11.5 Å². The summed E-state index contributed by atoms with van der Waals surface area (Å²) >= 11 is 0. The van der Waals surface area contributed by atoms with E-state index in [9.17, 15) is 9.90 Å². The molecule has 0 atom stereocenters. The molecule has 0 fully saturated rings. The molecule has 0 aliphatic heterocycles. The summed E-state index contributed by atoms with van der Waals surface area (Å²) in [4.78, 5) is 11.3. The minimum atomic E-state index is -0.968. The summed E-state index contributed by atoms with van der Waals surface area (Å²) in [5.74, 6) is 0.128. The van der Waals surface area contributed by atoms with Gasteiger partial charge in [0.2, 0.25) is 0 Å². The van der Waals surface area contributed by atoms with Gasteiger partial charge < -0.3 is 9.84 Å². The first-order valence-electron chi connectivity index (χ1n) is 6.77. The van der Waals surface area contributed by atoms with Gasteiger partial charge in [0.1, 0.15) is 17.1 Å². The zero-order valence-corrected chi connectivity index (χ0v) is 11.3. The molecule has 3 heteroatoms. The number of hydrogen-bond acceptors (Lipinski definition) is 2. The fourth-order valence-corrected chi connectivity index (χ4v) is 2.64. The average molecular weight is 268 g/mol. The van der Waals surface area contributed by atoms with E-state index in [1.807, 2.05) is 25.1 Å². The van der Waals surface area contributed by atoms with Gasteiger partial charge in [0, 0.05) is 0 Å². The highest BCUT2D eigenvalue weighted by Gasteiger charge is 2.15. The summed E-state index contributed by atoms with van der Waals surface area (Å²) in [6, 6.07) is 11.2. The zero-order valence-electron chi connectivity index (χ0n) is 11.3. The third kappa shape index (κ3) is 2.39. The number of carboxylic acid groups (broad SMARTS) is 1. The second-order valence-corrected chi connectivity index (χ2v) is 5.19. The quantitative estimate of drug-likeness (QED) is 0.916. The molecule has 0 spiro atoms. The van der Waals surface area contributed by atoms with E-state index in [0.29, 0.717) is 11.5 Å². The van der Waals surface area contributed by atoms with Gasteiger partial charge in [0.05, 0.1) is 0 Å². The number of carbonyl (C=O) groups is 1. The van der Waals surface area contributed by atoms with Gasteiger partial charge in [-0.05, 0) is 61.6 Å². The summed E-state index contributed by atoms with van der Waals surface area (Å²) in [5.41, 5.74) is 3.79. The Morgan fingerprint density at radius 1 is 1.10 bits per heavy atom. The van der Waals surface area contributed by atoms with Crippen molar-refractivity contribution in [2.45, 2.75) is 26.2 Å². The molecule has 0 amide bonds. The predicted molar refractivity (Wildman–Crippen MR) is 76.7 cm³/mol. The number of fused-ring (bicyclic) bond motifs is 1. The van der Waals surface area contributed by atoms with Crippen LogP contribution in [0.1, 0.15) is 33.5 Å². The van der Waals surface area contributed by atoms with Crippen LogP contribution in [0.4, 0.5) is 0 Å². The van der Waals surface area contributed by atoms with Crippen molar-refractivity contribution in [3.05, 3.63) is 58.7 Å². The molecule has 102 valence electrons. The molecule has 0 unspecified atom stereocenters. The Balaban J connectivity index is 1.93. The molecule has 1 N–H and O–H groups in total. The lowest BCUT2D eigenvalue weighted by Crippen LogP contribution is -2.00. The lowest BCUT2D eigenvalue weighted by molar-refractivity contribution is 0.0694. The average Bonchev–Trinajstić information content (AvgIpc) is 2.88. The summed E-state index contributed by atoms with van der Waals surface area (Å²) in [6.45, 7) is 1.87. The summed E-state index contributed by atoms with van der Waals surface area (Å²) in [7, 11) is 0. The number of rotatable bonds is 3. The number of ether oxygens (including phenoxy) is 1. The molecule has 0 saturated heterocycles. The van der Waals surface area contributed by atoms with Crippen LogP contribution in [0.3, 0.4) is 0 Å². The third-order valence-electron chi connectivity index (χ3n) is 3.66. The number of aromatic carboxylic acids is 1. The molecule has 0 heterocycles. The SMILES string of the molecule is Cc1ccc(Oc2ccc3c(c2)CCC3)c(C(=O)O)c1. The van der Waals surface area contributed by atoms with Crippen molar-refractivity contribution in [3.63, 3.8) is 0 Å². The Hall–Kier alpha value is -2.29. The van der Waals surface area contributed by atoms with Gasteiger partial charge in [-0.3, -0.25) is 0 Å². The lowest BCUT2D eigenvalue weighted by Gasteiger charge is -2.10. The van der Waals surface area contributed by atoms with Crippen LogP contribution in [-0.4, -0.2) is 11.1 Å². The molecule has 20 heavy (non-hydrogen) atoms. The van der Waals surface area contributed by atoms with E-state index in [0.717, 1.165) is 18.4 Å². The smallest absolute Gasteiger partial charge is 0.339 e. The molecular weight excluding hydrogens is 252 g/mol. The molecule has 3 rings (SSSR count). The first-order valence-corrected chi connectivity index (χ1v) is 6.77. The van der Waals surface area contributed by atoms with Gasteiger partial charge in [-0.25, -0.2) is 4.79 Å². The van der Waals surface area contributed by atoms with Crippen molar-refractivity contribution in [2.75, 3.05) is 0 Å². The molecule has 0 saturated carbocycles. The van der Waals surface area contributed by atoms with Crippen LogP contribution < -0.4 is 4.74 Å². The van der Waals surface area contributed by atoms with Crippen LogP contribution >= 0.6 is 0 Å². The fraction of sp³-hybridized carbons (Fsp3) is 0.235. The number of hydrogen-bond donors (Lipinski definition) is 1. The third-order valence-corrected chi connectivity index (χ3v) is 3.66. The number of aryl methyl sites for hydroxylation is 3. The Morgan fingerprint density at radius 3 is 2.70 bits per heavy atom. The van der Waals surface area contributed by atoms with Gasteiger partial charge in [0.15, 0.2) is 0 Å². The minimum absolute atomic E-state index is 0.200. The molecule has 2 aromatic carbocycles. The van der Waals surface area contributed by atoms with E-state index >= 15 is 0 Å². The van der Waals surface area contributed by atoms with E-state index in [1.54, 1.807) is 12.1 Å².